The quantitative estimate of drug-likeness (QED) is 0.659. The maximum Gasteiger partial charge on any atom is 0.244 e. The molecule has 0 unspecified atom stereocenters. The van der Waals surface area contributed by atoms with Crippen molar-refractivity contribution >= 4 is 15.7 Å². The number of H-pyrrole nitrogens is 1. The minimum atomic E-state index is -3.69. The number of nitrogens with zero attached hydrogens (tertiary/aromatic N) is 3. The van der Waals surface area contributed by atoms with E-state index in [1.54, 1.807) is 0 Å². The second-order valence-electron chi connectivity index (χ2n) is 3.17. The first-order valence-electron chi connectivity index (χ1n) is 4.63. The molecule has 2 aromatic rings. The standard InChI is InChI=1S/C8H10N6O2S/c9-6-1-2-10-3-7(6)17(15,16)13-4-8-11-5-12-14-8/h1-3,5,13H,4H2,(H2,9,10)(H,11,12,14). The van der Waals surface area contributed by atoms with E-state index in [0.717, 1.165) is 0 Å². The minimum Gasteiger partial charge on any atom is -0.398 e. The van der Waals surface area contributed by atoms with E-state index in [9.17, 15) is 8.42 Å². The van der Waals surface area contributed by atoms with E-state index in [2.05, 4.69) is 24.9 Å². The molecule has 17 heavy (non-hydrogen) atoms. The lowest BCUT2D eigenvalue weighted by Gasteiger charge is -2.06. The summed E-state index contributed by atoms with van der Waals surface area (Å²) < 4.78 is 26.0. The molecule has 2 rings (SSSR count). The minimum absolute atomic E-state index is 0.0106. The number of nitrogens with one attached hydrogen (secondary N) is 2. The Morgan fingerprint density at radius 3 is 2.94 bits per heavy atom. The summed E-state index contributed by atoms with van der Waals surface area (Å²) >= 11 is 0. The molecule has 2 aromatic heterocycles. The van der Waals surface area contributed by atoms with Crippen molar-refractivity contribution in [2.24, 2.45) is 0 Å². The van der Waals surface area contributed by atoms with Crippen LogP contribution in [-0.2, 0) is 16.6 Å². The molecule has 4 N–H and O–H groups in total. The summed E-state index contributed by atoms with van der Waals surface area (Å²) in [6.45, 7) is 0.0106. The van der Waals surface area contributed by atoms with E-state index in [1.165, 1.54) is 24.8 Å². The Morgan fingerprint density at radius 1 is 1.47 bits per heavy atom. The van der Waals surface area contributed by atoms with Gasteiger partial charge in [0, 0.05) is 12.4 Å². The Labute approximate surface area is 97.3 Å². The Kier molecular flexibility index (Phi) is 3.02. The Balaban J connectivity index is 2.17. The second kappa shape index (κ2) is 4.47. The number of anilines is 1. The fraction of sp³-hybridized carbons (Fsp3) is 0.125. The van der Waals surface area contributed by atoms with E-state index in [-0.39, 0.29) is 17.1 Å². The van der Waals surface area contributed by atoms with Crippen molar-refractivity contribution in [1.29, 1.82) is 0 Å². The lowest BCUT2D eigenvalue weighted by molar-refractivity contribution is 0.579. The van der Waals surface area contributed by atoms with Crippen LogP contribution >= 0.6 is 0 Å². The first kappa shape index (κ1) is 11.5. The number of sulfonamides is 1. The average Bonchev–Trinajstić information content (AvgIpc) is 2.80. The highest BCUT2D eigenvalue weighted by Crippen LogP contribution is 2.15. The largest absolute Gasteiger partial charge is 0.398 e. The predicted molar refractivity (Wildman–Crippen MR) is 59.1 cm³/mol. The van der Waals surface area contributed by atoms with Gasteiger partial charge in [-0.15, -0.1) is 0 Å². The van der Waals surface area contributed by atoms with Crippen molar-refractivity contribution in [3.63, 3.8) is 0 Å². The zero-order valence-electron chi connectivity index (χ0n) is 8.66. The maximum atomic E-state index is 11.9. The third-order valence-corrected chi connectivity index (χ3v) is 3.45. The number of pyridine rings is 1. The second-order valence-corrected chi connectivity index (χ2v) is 4.91. The van der Waals surface area contributed by atoms with Crippen molar-refractivity contribution in [2.75, 3.05) is 5.73 Å². The van der Waals surface area contributed by atoms with Crippen molar-refractivity contribution in [3.8, 4) is 0 Å². The van der Waals surface area contributed by atoms with Gasteiger partial charge in [-0.1, -0.05) is 0 Å². The molecule has 2 heterocycles. The Hall–Kier alpha value is -2.00. The number of nitrogens with two attached hydrogens (primary N) is 1. The zero-order chi connectivity index (χ0) is 12.3. The van der Waals surface area contributed by atoms with Gasteiger partial charge in [0.25, 0.3) is 0 Å². The summed E-state index contributed by atoms with van der Waals surface area (Å²) in [4.78, 5) is 7.46. The molecule has 0 fully saturated rings. The number of rotatable bonds is 4. The highest BCUT2D eigenvalue weighted by Gasteiger charge is 2.17. The summed E-state index contributed by atoms with van der Waals surface area (Å²) in [7, 11) is -3.69. The molecule has 0 aliphatic carbocycles. The van der Waals surface area contributed by atoms with Crippen molar-refractivity contribution < 1.29 is 8.42 Å². The molecule has 0 saturated carbocycles. The van der Waals surface area contributed by atoms with E-state index in [4.69, 9.17) is 5.73 Å². The van der Waals surface area contributed by atoms with Crippen LogP contribution in [-0.4, -0.2) is 28.6 Å². The average molecular weight is 254 g/mol. The first-order valence-corrected chi connectivity index (χ1v) is 6.11. The van der Waals surface area contributed by atoms with E-state index < -0.39 is 10.0 Å². The van der Waals surface area contributed by atoms with Gasteiger partial charge in [-0.3, -0.25) is 10.1 Å². The van der Waals surface area contributed by atoms with Crippen LogP contribution in [0.1, 0.15) is 5.82 Å². The number of hydrogen-bond acceptors (Lipinski definition) is 6. The summed E-state index contributed by atoms with van der Waals surface area (Å²) in [6.07, 6.45) is 3.91. The predicted octanol–water partition coefficient (Wildman–Crippen LogP) is -0.740. The number of nitrogen functional groups attached to an aromatic ring is 1. The molecule has 0 spiro atoms. The van der Waals surface area contributed by atoms with Gasteiger partial charge in [0.05, 0.1) is 12.2 Å². The monoisotopic (exact) mass is 254 g/mol. The summed E-state index contributed by atoms with van der Waals surface area (Å²) in [6, 6.07) is 1.42. The summed E-state index contributed by atoms with van der Waals surface area (Å²) in [5.41, 5.74) is 5.70. The van der Waals surface area contributed by atoms with Crippen LogP contribution < -0.4 is 10.5 Å². The molecule has 0 saturated heterocycles. The molecular weight excluding hydrogens is 244 g/mol. The maximum absolute atomic E-state index is 11.9. The van der Waals surface area contributed by atoms with Crippen LogP contribution in [0, 0.1) is 0 Å². The third-order valence-electron chi connectivity index (χ3n) is 2.00. The molecule has 0 bridgehead atoms. The summed E-state index contributed by atoms with van der Waals surface area (Å²) in [5, 5.41) is 6.15. The van der Waals surface area contributed by atoms with E-state index in [0.29, 0.717) is 5.82 Å². The van der Waals surface area contributed by atoms with Gasteiger partial charge in [0.2, 0.25) is 10.0 Å². The van der Waals surface area contributed by atoms with Gasteiger partial charge in [-0.2, -0.15) is 5.10 Å². The molecule has 0 aliphatic heterocycles. The van der Waals surface area contributed by atoms with Gasteiger partial charge >= 0.3 is 0 Å². The van der Waals surface area contributed by atoms with Gasteiger partial charge < -0.3 is 5.73 Å². The van der Waals surface area contributed by atoms with Gasteiger partial charge in [0.1, 0.15) is 17.0 Å². The van der Waals surface area contributed by atoms with E-state index in [1.807, 2.05) is 0 Å². The highest BCUT2D eigenvalue weighted by molar-refractivity contribution is 7.89. The normalized spacial score (nSPS) is 11.5. The molecule has 9 heteroatoms. The molecule has 0 amide bonds. The van der Waals surface area contributed by atoms with Crippen LogP contribution in [0.5, 0.6) is 0 Å². The van der Waals surface area contributed by atoms with Crippen LogP contribution in [0.4, 0.5) is 5.69 Å². The smallest absolute Gasteiger partial charge is 0.244 e. The lowest BCUT2D eigenvalue weighted by atomic mass is 10.4. The molecule has 0 aromatic carbocycles. The number of aromatic nitrogens is 4. The molecule has 8 nitrogen and oxygen atoms in total. The number of aromatic amines is 1. The van der Waals surface area contributed by atoms with Crippen LogP contribution in [0.2, 0.25) is 0 Å². The van der Waals surface area contributed by atoms with Gasteiger partial charge in [-0.05, 0) is 6.07 Å². The molecule has 90 valence electrons. The number of hydrogen-bond donors (Lipinski definition) is 3. The van der Waals surface area contributed by atoms with E-state index >= 15 is 0 Å². The lowest BCUT2D eigenvalue weighted by Crippen LogP contribution is -2.24. The van der Waals surface area contributed by atoms with Crippen molar-refractivity contribution in [1.82, 2.24) is 24.9 Å². The molecule has 0 radical (unpaired) electrons. The van der Waals surface area contributed by atoms with Crippen LogP contribution in [0.25, 0.3) is 0 Å². The molecular formula is C8H10N6O2S. The van der Waals surface area contributed by atoms with Crippen molar-refractivity contribution in [3.05, 3.63) is 30.6 Å². The summed E-state index contributed by atoms with van der Waals surface area (Å²) in [5.74, 6) is 0.413. The fourth-order valence-electron chi connectivity index (χ4n) is 1.17. The molecule has 0 atom stereocenters. The van der Waals surface area contributed by atoms with Gasteiger partial charge in [-0.25, -0.2) is 18.1 Å². The highest BCUT2D eigenvalue weighted by atomic mass is 32.2. The van der Waals surface area contributed by atoms with Crippen LogP contribution in [0.3, 0.4) is 0 Å². The third kappa shape index (κ3) is 2.57. The Morgan fingerprint density at radius 2 is 2.29 bits per heavy atom. The first-order chi connectivity index (χ1) is 8.09. The topological polar surface area (TPSA) is 127 Å². The molecule has 0 aliphatic rings. The zero-order valence-corrected chi connectivity index (χ0v) is 9.48. The Bertz CT molecular complexity index is 594. The SMILES string of the molecule is Nc1ccncc1S(=O)(=O)NCc1ncn[nH]1. The van der Waals surface area contributed by atoms with Crippen LogP contribution in [0.15, 0.2) is 29.7 Å². The fourth-order valence-corrected chi connectivity index (χ4v) is 2.23. The van der Waals surface area contributed by atoms with Crippen molar-refractivity contribution in [2.45, 2.75) is 11.4 Å². The van der Waals surface area contributed by atoms with Gasteiger partial charge in [0.15, 0.2) is 0 Å².